The monoisotopic (exact) mass is 528 g/mol. The van der Waals surface area contributed by atoms with Gasteiger partial charge in [0.05, 0.1) is 10.1 Å². The van der Waals surface area contributed by atoms with Gasteiger partial charge in [0.25, 0.3) is 0 Å². The number of hydrogen-bond acceptors (Lipinski definition) is 4. The molecule has 0 bridgehead atoms. The largest absolute Gasteiger partial charge is 0.488 e. The summed E-state index contributed by atoms with van der Waals surface area (Å²) in [5.41, 5.74) is 1.95. The molecule has 2 aromatic carbocycles. The van der Waals surface area contributed by atoms with Crippen molar-refractivity contribution in [3.05, 3.63) is 64.1 Å². The van der Waals surface area contributed by atoms with E-state index in [1.54, 1.807) is 0 Å². The van der Waals surface area contributed by atoms with Crippen molar-refractivity contribution < 1.29 is 9.84 Å². The zero-order chi connectivity index (χ0) is 24.2. The normalized spacial score (nSPS) is 20.7. The Kier molecular flexibility index (Phi) is 8.40. The molecule has 34 heavy (non-hydrogen) atoms. The summed E-state index contributed by atoms with van der Waals surface area (Å²) >= 11 is 3.76. The second kappa shape index (κ2) is 11.1. The molecule has 2 fully saturated rings. The van der Waals surface area contributed by atoms with Crippen LogP contribution in [-0.2, 0) is 6.61 Å². The van der Waals surface area contributed by atoms with Crippen LogP contribution in [0.2, 0.25) is 0 Å². The fourth-order valence-corrected chi connectivity index (χ4v) is 6.05. The number of rotatable bonds is 7. The molecule has 4 nitrogen and oxygen atoms in total. The molecule has 0 spiro atoms. The van der Waals surface area contributed by atoms with Gasteiger partial charge in [-0.05, 0) is 72.8 Å². The van der Waals surface area contributed by atoms with Crippen LogP contribution in [0, 0.1) is 0 Å². The molecule has 2 aliphatic rings. The first-order valence-electron chi connectivity index (χ1n) is 12.9. The van der Waals surface area contributed by atoms with Crippen LogP contribution in [0.4, 0.5) is 0 Å². The highest BCUT2D eigenvalue weighted by Gasteiger charge is 2.40. The number of nitrogens with zero attached hydrogens (tertiary/aromatic N) is 2. The third-order valence-electron chi connectivity index (χ3n) is 7.73. The first-order chi connectivity index (χ1) is 16.2. The lowest BCUT2D eigenvalue weighted by molar-refractivity contribution is -0.0370. The van der Waals surface area contributed by atoms with Crippen LogP contribution in [0.15, 0.2) is 53.0 Å². The van der Waals surface area contributed by atoms with Crippen LogP contribution >= 0.6 is 15.9 Å². The van der Waals surface area contributed by atoms with E-state index >= 15 is 0 Å². The SMILES string of the molecule is CC(C)(C)N1CCN(CC(c2ccc(OCc3ccccc3)c(Br)c2)C2(O)CCCCC2)CC1. The summed E-state index contributed by atoms with van der Waals surface area (Å²) in [5.74, 6) is 0.953. The second-order valence-corrected chi connectivity index (χ2v) is 12.0. The van der Waals surface area contributed by atoms with Gasteiger partial charge < -0.3 is 14.7 Å². The quantitative estimate of drug-likeness (QED) is 0.462. The molecular formula is C29H41BrN2O2. The lowest BCUT2D eigenvalue weighted by atomic mass is 9.72. The molecule has 1 N–H and O–H groups in total. The maximum atomic E-state index is 11.8. The maximum Gasteiger partial charge on any atom is 0.134 e. The van der Waals surface area contributed by atoms with Crippen molar-refractivity contribution in [2.45, 2.75) is 76.5 Å². The summed E-state index contributed by atoms with van der Waals surface area (Å²) in [6.45, 7) is 12.6. The van der Waals surface area contributed by atoms with Crippen LogP contribution in [0.1, 0.15) is 69.9 Å². The van der Waals surface area contributed by atoms with Crippen LogP contribution < -0.4 is 4.74 Å². The summed E-state index contributed by atoms with van der Waals surface area (Å²) in [4.78, 5) is 5.14. The zero-order valence-electron chi connectivity index (χ0n) is 21.1. The Morgan fingerprint density at radius 2 is 1.65 bits per heavy atom. The summed E-state index contributed by atoms with van der Waals surface area (Å²) in [5, 5.41) is 11.8. The van der Waals surface area contributed by atoms with Gasteiger partial charge in [0.15, 0.2) is 0 Å². The van der Waals surface area contributed by atoms with Crippen LogP contribution in [0.25, 0.3) is 0 Å². The first kappa shape index (κ1) is 25.7. The van der Waals surface area contributed by atoms with E-state index in [2.05, 4.69) is 76.8 Å². The van der Waals surface area contributed by atoms with Crippen LogP contribution in [0.3, 0.4) is 0 Å². The van der Waals surface area contributed by atoms with Gasteiger partial charge in [0.2, 0.25) is 0 Å². The van der Waals surface area contributed by atoms with E-state index in [9.17, 15) is 5.11 Å². The minimum Gasteiger partial charge on any atom is -0.488 e. The van der Waals surface area contributed by atoms with E-state index in [4.69, 9.17) is 4.74 Å². The third-order valence-corrected chi connectivity index (χ3v) is 8.34. The number of piperazine rings is 1. The predicted molar refractivity (Wildman–Crippen MR) is 143 cm³/mol. The smallest absolute Gasteiger partial charge is 0.134 e. The molecule has 5 heteroatoms. The average molecular weight is 530 g/mol. The van der Waals surface area contributed by atoms with Crippen molar-refractivity contribution >= 4 is 15.9 Å². The lowest BCUT2D eigenvalue weighted by Crippen LogP contribution is -2.55. The number of benzene rings is 2. The van der Waals surface area contributed by atoms with Gasteiger partial charge in [-0.25, -0.2) is 0 Å². The fraction of sp³-hybridized carbons (Fsp3) is 0.586. The summed E-state index contributed by atoms with van der Waals surface area (Å²) < 4.78 is 7.06. The van der Waals surface area contributed by atoms with Crippen molar-refractivity contribution in [3.63, 3.8) is 0 Å². The third kappa shape index (κ3) is 6.42. The number of aliphatic hydroxyl groups is 1. The zero-order valence-corrected chi connectivity index (χ0v) is 22.7. The Balaban J connectivity index is 1.49. The Hall–Kier alpha value is -1.40. The topological polar surface area (TPSA) is 35.9 Å². The van der Waals surface area contributed by atoms with Gasteiger partial charge in [-0.1, -0.05) is 55.7 Å². The Morgan fingerprint density at radius 1 is 0.971 bits per heavy atom. The van der Waals surface area contributed by atoms with E-state index in [1.165, 1.54) is 12.0 Å². The van der Waals surface area contributed by atoms with E-state index in [0.717, 1.165) is 74.2 Å². The molecule has 1 saturated heterocycles. The van der Waals surface area contributed by atoms with E-state index in [0.29, 0.717) is 6.61 Å². The van der Waals surface area contributed by atoms with E-state index in [-0.39, 0.29) is 11.5 Å². The van der Waals surface area contributed by atoms with Crippen molar-refractivity contribution in [2.24, 2.45) is 0 Å². The molecule has 0 radical (unpaired) electrons. The molecule has 0 amide bonds. The number of halogens is 1. The molecule has 0 aromatic heterocycles. The van der Waals surface area contributed by atoms with Crippen molar-refractivity contribution in [1.82, 2.24) is 9.80 Å². The van der Waals surface area contributed by atoms with Gasteiger partial charge >= 0.3 is 0 Å². The summed E-state index contributed by atoms with van der Waals surface area (Å²) in [7, 11) is 0. The second-order valence-electron chi connectivity index (χ2n) is 11.1. The van der Waals surface area contributed by atoms with Gasteiger partial charge in [0, 0.05) is 44.2 Å². The molecule has 1 heterocycles. The van der Waals surface area contributed by atoms with Gasteiger partial charge in [-0.3, -0.25) is 4.90 Å². The minimum atomic E-state index is -0.634. The maximum absolute atomic E-state index is 11.8. The van der Waals surface area contributed by atoms with E-state index in [1.807, 2.05) is 18.2 Å². The first-order valence-corrected chi connectivity index (χ1v) is 13.7. The highest BCUT2D eigenvalue weighted by atomic mass is 79.9. The molecule has 1 aliphatic carbocycles. The molecule has 2 aromatic rings. The van der Waals surface area contributed by atoms with Crippen molar-refractivity contribution in [1.29, 1.82) is 0 Å². The fourth-order valence-electron chi connectivity index (χ4n) is 5.54. The molecule has 186 valence electrons. The molecule has 1 aliphatic heterocycles. The van der Waals surface area contributed by atoms with Gasteiger partial charge in [-0.15, -0.1) is 0 Å². The summed E-state index contributed by atoms with van der Waals surface area (Å²) in [6.07, 6.45) is 5.25. The molecule has 1 unspecified atom stereocenters. The van der Waals surface area contributed by atoms with Crippen LogP contribution in [0.5, 0.6) is 5.75 Å². The Bertz CT molecular complexity index is 913. The highest BCUT2D eigenvalue weighted by molar-refractivity contribution is 9.10. The molecular weight excluding hydrogens is 488 g/mol. The summed E-state index contributed by atoms with van der Waals surface area (Å²) in [6, 6.07) is 16.7. The van der Waals surface area contributed by atoms with Gasteiger partial charge in [-0.2, -0.15) is 0 Å². The number of ether oxygens (including phenoxy) is 1. The Labute approximate surface area is 214 Å². The Morgan fingerprint density at radius 3 is 2.26 bits per heavy atom. The van der Waals surface area contributed by atoms with E-state index < -0.39 is 5.60 Å². The van der Waals surface area contributed by atoms with Crippen molar-refractivity contribution in [2.75, 3.05) is 32.7 Å². The van der Waals surface area contributed by atoms with Crippen molar-refractivity contribution in [3.8, 4) is 5.75 Å². The highest BCUT2D eigenvalue weighted by Crippen LogP contribution is 2.42. The van der Waals surface area contributed by atoms with Crippen LogP contribution in [-0.4, -0.2) is 58.8 Å². The molecule has 4 rings (SSSR count). The standard InChI is InChI=1S/C29H41BrN2O2/c1-28(2,3)32-18-16-31(17-19-32)21-25(29(33)14-8-5-9-15-29)24-12-13-27(26(30)20-24)34-22-23-10-6-4-7-11-23/h4,6-7,10-13,20,25,33H,5,8-9,14-19,21-22H2,1-3H3. The average Bonchev–Trinajstić information content (AvgIpc) is 2.82. The lowest BCUT2D eigenvalue weighted by Gasteiger charge is -2.46. The predicted octanol–water partition coefficient (Wildman–Crippen LogP) is 6.22. The molecule has 1 atom stereocenters. The number of hydrogen-bond donors (Lipinski definition) is 1. The van der Waals surface area contributed by atoms with Gasteiger partial charge in [0.1, 0.15) is 12.4 Å². The molecule has 1 saturated carbocycles. The minimum absolute atomic E-state index is 0.105.